The summed E-state index contributed by atoms with van der Waals surface area (Å²) in [5.74, 6) is -4.73. The molecular formula is C26H33N5O6. The van der Waals surface area contributed by atoms with Crippen molar-refractivity contribution in [2.75, 3.05) is 18.0 Å². The number of amides is 2. The molecule has 1 saturated heterocycles. The van der Waals surface area contributed by atoms with E-state index in [1.807, 2.05) is 0 Å². The normalized spacial score (nSPS) is 20.6. The number of pyridine rings is 1. The Kier molecular flexibility index (Phi) is 9.09. The number of nitrogens with zero attached hydrogens (tertiary/aromatic N) is 2. The van der Waals surface area contributed by atoms with Gasteiger partial charge in [-0.05, 0) is 43.4 Å². The highest BCUT2D eigenvalue weighted by molar-refractivity contribution is 6.22. The van der Waals surface area contributed by atoms with Gasteiger partial charge in [-0.1, -0.05) is 37.3 Å². The van der Waals surface area contributed by atoms with Crippen LogP contribution in [0.2, 0.25) is 0 Å². The van der Waals surface area contributed by atoms with Crippen molar-refractivity contribution in [3.8, 4) is 0 Å². The van der Waals surface area contributed by atoms with Crippen LogP contribution in [-0.4, -0.2) is 57.5 Å². The van der Waals surface area contributed by atoms with E-state index < -0.39 is 35.0 Å². The van der Waals surface area contributed by atoms with E-state index >= 15 is 0 Å². The van der Waals surface area contributed by atoms with Crippen molar-refractivity contribution in [2.45, 2.75) is 44.6 Å². The summed E-state index contributed by atoms with van der Waals surface area (Å²) < 4.78 is 0. The summed E-state index contributed by atoms with van der Waals surface area (Å²) in [6.45, 7) is 2.29. The zero-order valence-electron chi connectivity index (χ0n) is 20.7. The Labute approximate surface area is 214 Å². The second-order valence-electron chi connectivity index (χ2n) is 9.44. The van der Waals surface area contributed by atoms with Gasteiger partial charge in [-0.15, -0.1) is 0 Å². The number of benzene rings is 1. The number of carboxylic acid groups (broad SMARTS) is 1. The van der Waals surface area contributed by atoms with Crippen molar-refractivity contribution in [3.05, 3.63) is 59.4 Å². The summed E-state index contributed by atoms with van der Waals surface area (Å²) in [5, 5.41) is 19.6. The van der Waals surface area contributed by atoms with E-state index in [1.54, 1.807) is 37.3 Å². The third kappa shape index (κ3) is 5.68. The molecule has 2 heterocycles. The fraction of sp³-hybridized carbons (Fsp3) is 0.423. The number of piperidine rings is 1. The van der Waals surface area contributed by atoms with Gasteiger partial charge in [0.15, 0.2) is 5.78 Å². The summed E-state index contributed by atoms with van der Waals surface area (Å²) in [6.07, 6.45) is 1.75. The molecule has 0 spiro atoms. The van der Waals surface area contributed by atoms with E-state index in [-0.39, 0.29) is 55.1 Å². The fourth-order valence-corrected chi connectivity index (χ4v) is 4.98. The molecule has 1 aliphatic heterocycles. The van der Waals surface area contributed by atoms with Gasteiger partial charge in [0.05, 0.1) is 16.9 Å². The summed E-state index contributed by atoms with van der Waals surface area (Å²) in [5.41, 5.74) is 11.7. The average Bonchev–Trinajstić information content (AvgIpc) is 2.86. The monoisotopic (exact) mass is 511 g/mol. The third-order valence-corrected chi connectivity index (χ3v) is 6.74. The van der Waals surface area contributed by atoms with Gasteiger partial charge >= 0.3 is 5.97 Å². The lowest BCUT2D eigenvalue weighted by molar-refractivity contribution is -0.154. The molecule has 1 fully saturated rings. The number of aromatic nitrogens is 1. The number of Topliss-reactive ketones (excluding diaryl/α,β-unsaturated/α-hetero) is 1. The second kappa shape index (κ2) is 12.0. The number of carbonyl (C=O) groups excluding carboxylic acids is 3. The van der Waals surface area contributed by atoms with E-state index in [0.29, 0.717) is 18.5 Å². The summed E-state index contributed by atoms with van der Waals surface area (Å²) in [7, 11) is 0. The molecule has 1 aromatic carbocycles. The Morgan fingerprint density at radius 2 is 1.95 bits per heavy atom. The maximum absolute atomic E-state index is 14.1. The average molecular weight is 512 g/mol. The molecule has 1 aliphatic rings. The minimum atomic E-state index is -2.30. The van der Waals surface area contributed by atoms with Crippen molar-refractivity contribution >= 4 is 29.3 Å². The van der Waals surface area contributed by atoms with Crippen LogP contribution in [0.3, 0.4) is 0 Å². The minimum absolute atomic E-state index is 0.0659. The number of rotatable bonds is 12. The number of primary amides is 1. The van der Waals surface area contributed by atoms with Crippen LogP contribution in [0.15, 0.2) is 42.6 Å². The predicted octanol–water partition coefficient (Wildman–Crippen LogP) is 1.06. The van der Waals surface area contributed by atoms with Gasteiger partial charge in [0.2, 0.25) is 11.4 Å². The van der Waals surface area contributed by atoms with E-state index in [0.717, 1.165) is 4.90 Å². The first-order chi connectivity index (χ1) is 17.7. The standard InChI is InChI=1S/C26H33N5O6/c1-16(15-30-37)12-18-13-21(32)26(25(35)36,14-17-6-3-2-4-7-17)31(24(18)34)20-9-11-29-19(8-5-10-27)22(20)23(28)33/h2-4,6-7,9,11,16,18,30,37H,5,8,10,12-15,27H2,1H3,(H2,28,33)(H,35,36)/t16?,18-,26-/m1/s1. The van der Waals surface area contributed by atoms with Gasteiger partial charge in [-0.3, -0.25) is 24.3 Å². The van der Waals surface area contributed by atoms with Crippen molar-refractivity contribution in [3.63, 3.8) is 0 Å². The van der Waals surface area contributed by atoms with Crippen LogP contribution in [0.25, 0.3) is 0 Å². The van der Waals surface area contributed by atoms with E-state index in [1.165, 1.54) is 12.3 Å². The largest absolute Gasteiger partial charge is 0.479 e. The first-order valence-electron chi connectivity index (χ1n) is 12.2. The topological polar surface area (TPSA) is 189 Å². The van der Waals surface area contributed by atoms with Crippen LogP contribution in [0.5, 0.6) is 0 Å². The van der Waals surface area contributed by atoms with Gasteiger partial charge in [0.1, 0.15) is 0 Å². The van der Waals surface area contributed by atoms with Crippen LogP contribution in [0, 0.1) is 11.8 Å². The molecule has 11 heteroatoms. The second-order valence-corrected chi connectivity index (χ2v) is 9.44. The first-order valence-corrected chi connectivity index (χ1v) is 12.2. The van der Waals surface area contributed by atoms with E-state index in [2.05, 4.69) is 10.5 Å². The predicted molar refractivity (Wildman–Crippen MR) is 135 cm³/mol. The lowest BCUT2D eigenvalue weighted by atomic mass is 9.74. The number of nitrogens with one attached hydrogen (secondary N) is 1. The summed E-state index contributed by atoms with van der Waals surface area (Å²) in [6, 6.07) is 9.88. The van der Waals surface area contributed by atoms with Gasteiger partial charge in [-0.2, -0.15) is 0 Å². The van der Waals surface area contributed by atoms with Gasteiger partial charge in [0, 0.05) is 31.5 Å². The number of anilines is 1. The van der Waals surface area contributed by atoms with Crippen molar-refractivity contribution in [2.24, 2.45) is 23.3 Å². The van der Waals surface area contributed by atoms with Gasteiger partial charge < -0.3 is 21.8 Å². The molecule has 2 amide bonds. The number of ketones is 1. The maximum Gasteiger partial charge on any atom is 0.338 e. The molecule has 0 aliphatic carbocycles. The number of carbonyl (C=O) groups is 4. The Hall–Kier alpha value is -3.67. The summed E-state index contributed by atoms with van der Waals surface area (Å²) >= 11 is 0. The fourth-order valence-electron chi connectivity index (χ4n) is 4.98. The number of carboxylic acids is 1. The highest BCUT2D eigenvalue weighted by Crippen LogP contribution is 2.40. The lowest BCUT2D eigenvalue weighted by Crippen LogP contribution is -2.69. The minimum Gasteiger partial charge on any atom is -0.479 e. The molecule has 0 bridgehead atoms. The molecule has 0 saturated carbocycles. The summed E-state index contributed by atoms with van der Waals surface area (Å²) in [4.78, 5) is 58.7. The molecule has 3 rings (SSSR count). The van der Waals surface area contributed by atoms with Crippen LogP contribution in [-0.2, 0) is 27.2 Å². The lowest BCUT2D eigenvalue weighted by Gasteiger charge is -2.46. The Morgan fingerprint density at radius 3 is 2.54 bits per heavy atom. The molecule has 1 unspecified atom stereocenters. The van der Waals surface area contributed by atoms with Crippen LogP contribution in [0.1, 0.15) is 47.8 Å². The highest BCUT2D eigenvalue weighted by Gasteiger charge is 2.59. The molecule has 11 nitrogen and oxygen atoms in total. The van der Waals surface area contributed by atoms with Crippen LogP contribution in [0.4, 0.5) is 5.69 Å². The molecule has 2 aromatic rings. The quantitative estimate of drug-likeness (QED) is 0.205. The van der Waals surface area contributed by atoms with Crippen molar-refractivity contribution < 1.29 is 29.5 Å². The van der Waals surface area contributed by atoms with Gasteiger partial charge in [0.25, 0.3) is 5.91 Å². The first kappa shape index (κ1) is 27.9. The zero-order chi connectivity index (χ0) is 27.2. The Bertz CT molecular complexity index is 1160. The van der Waals surface area contributed by atoms with E-state index in [4.69, 9.17) is 16.7 Å². The maximum atomic E-state index is 14.1. The van der Waals surface area contributed by atoms with Crippen LogP contribution < -0.4 is 21.8 Å². The number of hydrogen-bond acceptors (Lipinski definition) is 8. The van der Waals surface area contributed by atoms with Gasteiger partial charge in [-0.25, -0.2) is 10.3 Å². The third-order valence-electron chi connectivity index (χ3n) is 6.74. The number of hydroxylamine groups is 1. The molecule has 1 aromatic heterocycles. The number of aryl methyl sites for hydroxylation is 1. The molecule has 7 N–H and O–H groups in total. The molecule has 37 heavy (non-hydrogen) atoms. The molecule has 198 valence electrons. The number of nitrogens with two attached hydrogens (primary N) is 2. The van der Waals surface area contributed by atoms with Crippen LogP contribution >= 0.6 is 0 Å². The Morgan fingerprint density at radius 1 is 1.24 bits per heavy atom. The molecule has 0 radical (unpaired) electrons. The number of aliphatic carboxylic acids is 1. The zero-order valence-corrected chi connectivity index (χ0v) is 20.7. The highest BCUT2D eigenvalue weighted by atomic mass is 16.5. The van der Waals surface area contributed by atoms with E-state index in [9.17, 15) is 24.3 Å². The Balaban J connectivity index is 2.26. The SMILES string of the molecule is CC(CNO)C[C@@H]1CC(=O)[C@](Cc2ccccc2)(C(=O)O)N(c2ccnc(CCCN)c2C(N)=O)C1=O. The van der Waals surface area contributed by atoms with Crippen molar-refractivity contribution in [1.29, 1.82) is 0 Å². The smallest absolute Gasteiger partial charge is 0.338 e. The molecule has 3 atom stereocenters. The van der Waals surface area contributed by atoms with Crippen molar-refractivity contribution in [1.82, 2.24) is 10.5 Å². The number of hydrogen-bond donors (Lipinski definition) is 5. The molecular weight excluding hydrogens is 478 g/mol.